The lowest BCUT2D eigenvalue weighted by Gasteiger charge is -2.07. The highest BCUT2D eigenvalue weighted by Crippen LogP contribution is 2.29. The van der Waals surface area contributed by atoms with E-state index in [1.807, 2.05) is 0 Å². The van der Waals surface area contributed by atoms with Crippen LogP contribution in [0.3, 0.4) is 0 Å². The molecule has 2 aromatic rings. The van der Waals surface area contributed by atoms with Crippen LogP contribution in [0.1, 0.15) is 5.56 Å². The minimum absolute atomic E-state index is 0.0748. The van der Waals surface area contributed by atoms with Crippen LogP contribution in [-0.4, -0.2) is 23.0 Å². The van der Waals surface area contributed by atoms with E-state index in [2.05, 4.69) is 5.32 Å². The quantitative estimate of drug-likeness (QED) is 0.373. The fraction of sp³-hybridized carbons (Fsp3) is 0.0588. The van der Waals surface area contributed by atoms with Crippen molar-refractivity contribution in [3.05, 3.63) is 63.7 Å². The number of methoxy groups -OCH3 is 1. The number of rotatable bonds is 5. The Bertz CT molecular complexity index is 899. The Kier molecular flexibility index (Phi) is 5.32. The van der Waals surface area contributed by atoms with Crippen LogP contribution in [0.4, 0.5) is 11.4 Å². The van der Waals surface area contributed by atoms with Crippen molar-refractivity contribution in [2.45, 2.75) is 0 Å². The Labute approximate surface area is 142 Å². The molecular weight excluding hydrogens is 326 g/mol. The lowest BCUT2D eigenvalue weighted by Crippen LogP contribution is -2.14. The third kappa shape index (κ3) is 4.11. The zero-order chi connectivity index (χ0) is 18.4. The summed E-state index contributed by atoms with van der Waals surface area (Å²) < 4.78 is 4.92. The number of phenols is 1. The third-order valence-electron chi connectivity index (χ3n) is 3.25. The van der Waals surface area contributed by atoms with Crippen molar-refractivity contribution in [2.75, 3.05) is 12.4 Å². The van der Waals surface area contributed by atoms with Crippen LogP contribution in [0.15, 0.2) is 48.0 Å². The van der Waals surface area contributed by atoms with Gasteiger partial charge in [-0.25, -0.2) is 0 Å². The molecule has 0 bridgehead atoms. The van der Waals surface area contributed by atoms with E-state index >= 15 is 0 Å². The lowest BCUT2D eigenvalue weighted by atomic mass is 10.1. The number of para-hydroxylation sites is 1. The van der Waals surface area contributed by atoms with Crippen molar-refractivity contribution >= 4 is 23.4 Å². The monoisotopic (exact) mass is 339 g/mol. The van der Waals surface area contributed by atoms with E-state index in [9.17, 15) is 25.3 Å². The number of anilines is 1. The number of ether oxygens (including phenoxy) is 1. The number of carbonyl (C=O) groups is 1. The molecule has 0 aliphatic carbocycles. The Morgan fingerprint density at radius 3 is 2.68 bits per heavy atom. The topological polar surface area (TPSA) is 125 Å². The fourth-order valence-corrected chi connectivity index (χ4v) is 2.00. The maximum Gasteiger partial charge on any atom is 0.296 e. The zero-order valence-corrected chi connectivity index (χ0v) is 13.1. The number of nitriles is 1. The smallest absolute Gasteiger partial charge is 0.296 e. The van der Waals surface area contributed by atoms with Crippen LogP contribution < -0.4 is 10.1 Å². The summed E-state index contributed by atoms with van der Waals surface area (Å²) in [6, 6.07) is 11.8. The van der Waals surface area contributed by atoms with Crippen LogP contribution in [0.2, 0.25) is 0 Å². The molecule has 0 aliphatic rings. The molecule has 0 saturated heterocycles. The second kappa shape index (κ2) is 7.61. The summed E-state index contributed by atoms with van der Waals surface area (Å²) in [4.78, 5) is 22.7. The maximum absolute atomic E-state index is 12.3. The molecule has 0 saturated carbocycles. The molecular formula is C17H13N3O5. The van der Waals surface area contributed by atoms with Gasteiger partial charge in [-0.05, 0) is 24.3 Å². The largest absolute Gasteiger partial charge is 0.507 e. The standard InChI is InChI=1S/C17H13N3O5/c1-25-13-6-7-14(15(9-13)20(23)24)19-17(22)12(10-18)8-11-4-2-3-5-16(11)21/h2-9,21H,1H3,(H,19,22). The SMILES string of the molecule is COc1ccc(NC(=O)C(C#N)=Cc2ccccc2O)c([N+](=O)[O-])c1. The molecule has 0 radical (unpaired) electrons. The molecule has 126 valence electrons. The number of carbonyl (C=O) groups excluding carboxylic acids is 1. The number of phenolic OH excluding ortho intramolecular Hbond substituents is 1. The van der Waals surface area contributed by atoms with Gasteiger partial charge in [-0.2, -0.15) is 5.26 Å². The molecule has 2 rings (SSSR count). The van der Waals surface area contributed by atoms with Crippen LogP contribution in [0, 0.1) is 21.4 Å². The van der Waals surface area contributed by atoms with Crippen molar-refractivity contribution in [3.63, 3.8) is 0 Å². The number of nitro benzene ring substituents is 1. The summed E-state index contributed by atoms with van der Waals surface area (Å²) in [7, 11) is 1.36. The average Bonchev–Trinajstić information content (AvgIpc) is 2.61. The van der Waals surface area contributed by atoms with E-state index in [-0.39, 0.29) is 34.0 Å². The number of aromatic hydroxyl groups is 1. The molecule has 0 unspecified atom stereocenters. The van der Waals surface area contributed by atoms with Crippen molar-refractivity contribution in [1.82, 2.24) is 0 Å². The van der Waals surface area contributed by atoms with Crippen molar-refractivity contribution in [1.29, 1.82) is 5.26 Å². The molecule has 1 amide bonds. The Balaban J connectivity index is 2.34. The number of nitrogens with one attached hydrogen (secondary N) is 1. The highest BCUT2D eigenvalue weighted by molar-refractivity contribution is 6.10. The van der Waals surface area contributed by atoms with E-state index in [4.69, 9.17) is 4.74 Å². The van der Waals surface area contributed by atoms with E-state index < -0.39 is 10.8 Å². The molecule has 2 aromatic carbocycles. The first-order chi connectivity index (χ1) is 12.0. The molecule has 0 heterocycles. The number of hydrogen-bond acceptors (Lipinski definition) is 6. The summed E-state index contributed by atoms with van der Waals surface area (Å²) in [6.07, 6.45) is 1.19. The van der Waals surface area contributed by atoms with Gasteiger partial charge in [-0.15, -0.1) is 0 Å². The summed E-state index contributed by atoms with van der Waals surface area (Å²) >= 11 is 0. The van der Waals surface area contributed by atoms with E-state index in [0.29, 0.717) is 0 Å². The third-order valence-corrected chi connectivity index (χ3v) is 3.25. The number of amides is 1. The molecule has 0 spiro atoms. The molecule has 0 aliphatic heterocycles. The van der Waals surface area contributed by atoms with Gasteiger partial charge in [0.25, 0.3) is 11.6 Å². The molecule has 8 nitrogen and oxygen atoms in total. The first-order valence-electron chi connectivity index (χ1n) is 7.00. The number of nitro groups is 1. The van der Waals surface area contributed by atoms with Crippen LogP contribution >= 0.6 is 0 Å². The molecule has 0 atom stereocenters. The first-order valence-corrected chi connectivity index (χ1v) is 7.00. The second-order valence-corrected chi connectivity index (χ2v) is 4.82. The Hall–Kier alpha value is -3.86. The van der Waals surface area contributed by atoms with Crippen LogP contribution in [0.5, 0.6) is 11.5 Å². The van der Waals surface area contributed by atoms with Gasteiger partial charge in [0, 0.05) is 5.56 Å². The van der Waals surface area contributed by atoms with Gasteiger partial charge in [0.1, 0.15) is 28.8 Å². The Morgan fingerprint density at radius 1 is 1.36 bits per heavy atom. The second-order valence-electron chi connectivity index (χ2n) is 4.82. The van der Waals surface area contributed by atoms with Gasteiger partial charge in [-0.3, -0.25) is 14.9 Å². The predicted molar refractivity (Wildman–Crippen MR) is 90.0 cm³/mol. The van der Waals surface area contributed by atoms with Crippen LogP contribution in [0.25, 0.3) is 6.08 Å². The van der Waals surface area contributed by atoms with E-state index in [0.717, 1.165) is 6.07 Å². The zero-order valence-electron chi connectivity index (χ0n) is 13.1. The van der Waals surface area contributed by atoms with Crippen molar-refractivity contribution in [2.24, 2.45) is 0 Å². The highest BCUT2D eigenvalue weighted by atomic mass is 16.6. The lowest BCUT2D eigenvalue weighted by molar-refractivity contribution is -0.384. The minimum atomic E-state index is -0.834. The molecule has 0 fully saturated rings. The van der Waals surface area contributed by atoms with Gasteiger partial charge in [0.2, 0.25) is 0 Å². The van der Waals surface area contributed by atoms with Gasteiger partial charge in [0.05, 0.1) is 18.1 Å². The predicted octanol–water partition coefficient (Wildman–Crippen LogP) is 2.85. The molecule has 25 heavy (non-hydrogen) atoms. The van der Waals surface area contributed by atoms with Gasteiger partial charge in [0.15, 0.2) is 0 Å². The fourth-order valence-electron chi connectivity index (χ4n) is 2.00. The summed E-state index contributed by atoms with van der Waals surface area (Å²) in [5.74, 6) is -0.674. The van der Waals surface area contributed by atoms with E-state index in [1.165, 1.54) is 37.5 Å². The van der Waals surface area contributed by atoms with Gasteiger partial charge in [-0.1, -0.05) is 18.2 Å². The minimum Gasteiger partial charge on any atom is -0.507 e. The number of benzene rings is 2. The normalized spacial score (nSPS) is 10.6. The van der Waals surface area contributed by atoms with E-state index in [1.54, 1.807) is 18.2 Å². The average molecular weight is 339 g/mol. The Morgan fingerprint density at radius 2 is 2.08 bits per heavy atom. The van der Waals surface area contributed by atoms with Crippen LogP contribution in [-0.2, 0) is 4.79 Å². The maximum atomic E-state index is 12.3. The van der Waals surface area contributed by atoms with Crippen molar-refractivity contribution in [3.8, 4) is 17.6 Å². The number of hydrogen-bond donors (Lipinski definition) is 2. The number of nitrogens with zero attached hydrogens (tertiary/aromatic N) is 2. The molecule has 2 N–H and O–H groups in total. The summed E-state index contributed by atoms with van der Waals surface area (Å²) in [5.41, 5.74) is -0.480. The molecule has 0 aromatic heterocycles. The van der Waals surface area contributed by atoms with Crippen molar-refractivity contribution < 1.29 is 19.6 Å². The highest BCUT2D eigenvalue weighted by Gasteiger charge is 2.19. The molecule has 8 heteroatoms. The van der Waals surface area contributed by atoms with Gasteiger partial charge >= 0.3 is 0 Å². The summed E-state index contributed by atoms with van der Waals surface area (Å²) in [5, 5.41) is 32.3. The summed E-state index contributed by atoms with van der Waals surface area (Å²) in [6.45, 7) is 0. The van der Waals surface area contributed by atoms with Gasteiger partial charge < -0.3 is 15.2 Å². The first kappa shape index (κ1) is 17.5.